The fourth-order valence-corrected chi connectivity index (χ4v) is 0.980. The number of hydrogen-bond acceptors (Lipinski definition) is 3. The van der Waals surface area contributed by atoms with E-state index in [4.69, 9.17) is 16.6 Å². The molecule has 0 amide bonds. The van der Waals surface area contributed by atoms with Crippen LogP contribution in [0.25, 0.3) is 0 Å². The van der Waals surface area contributed by atoms with Crippen LogP contribution in [0, 0.1) is 0 Å². The van der Waals surface area contributed by atoms with E-state index < -0.39 is 11.5 Å². The lowest BCUT2D eigenvalue weighted by Crippen LogP contribution is -2.47. The van der Waals surface area contributed by atoms with Gasteiger partial charge < -0.3 is 21.9 Å². The van der Waals surface area contributed by atoms with E-state index in [1.165, 1.54) is 0 Å². The van der Waals surface area contributed by atoms with Crippen molar-refractivity contribution in [1.82, 2.24) is 5.32 Å². The van der Waals surface area contributed by atoms with Crippen molar-refractivity contribution in [3.8, 4) is 0 Å². The van der Waals surface area contributed by atoms with Crippen molar-refractivity contribution in [1.29, 1.82) is 0 Å². The van der Waals surface area contributed by atoms with Crippen LogP contribution in [0.15, 0.2) is 4.99 Å². The molecule has 14 heavy (non-hydrogen) atoms. The van der Waals surface area contributed by atoms with Gasteiger partial charge in [0.2, 0.25) is 0 Å². The molecule has 0 aliphatic carbocycles. The smallest absolute Gasteiger partial charge is 0.323 e. The molecule has 0 fully saturated rings. The minimum atomic E-state index is -0.904. The number of carboxylic acids is 1. The lowest BCUT2D eigenvalue weighted by atomic mass is 9.96. The Labute approximate surface area is 83.4 Å². The Morgan fingerprint density at radius 1 is 1.57 bits per heavy atom. The van der Waals surface area contributed by atoms with Crippen LogP contribution in [0.2, 0.25) is 0 Å². The van der Waals surface area contributed by atoms with E-state index >= 15 is 0 Å². The predicted molar refractivity (Wildman–Crippen MR) is 55.0 cm³/mol. The van der Waals surface area contributed by atoms with E-state index in [-0.39, 0.29) is 5.96 Å². The van der Waals surface area contributed by atoms with Gasteiger partial charge in [0.1, 0.15) is 5.54 Å². The van der Waals surface area contributed by atoms with Crippen LogP contribution in [0.4, 0.5) is 0 Å². The number of nitrogens with one attached hydrogen (secondary N) is 1. The summed E-state index contributed by atoms with van der Waals surface area (Å²) in [4.78, 5) is 14.6. The molecule has 0 saturated heterocycles. The third kappa shape index (κ3) is 4.08. The number of guanidine groups is 1. The average Bonchev–Trinajstić information content (AvgIpc) is 2.11. The SMILES string of the molecule is CN[C@@](C)(CCCN=C(N)N)C(=O)O. The van der Waals surface area contributed by atoms with Crippen molar-refractivity contribution in [2.45, 2.75) is 25.3 Å². The Hall–Kier alpha value is -1.30. The van der Waals surface area contributed by atoms with E-state index in [0.29, 0.717) is 19.4 Å². The molecule has 82 valence electrons. The van der Waals surface area contributed by atoms with Gasteiger partial charge >= 0.3 is 5.97 Å². The zero-order valence-electron chi connectivity index (χ0n) is 8.58. The summed E-state index contributed by atoms with van der Waals surface area (Å²) in [5, 5.41) is 11.6. The molecule has 6 N–H and O–H groups in total. The Morgan fingerprint density at radius 2 is 2.14 bits per heavy atom. The number of aliphatic imine (C=N–C) groups is 1. The Kier molecular flexibility index (Phi) is 4.93. The van der Waals surface area contributed by atoms with Crippen molar-refractivity contribution < 1.29 is 9.90 Å². The molecule has 0 radical (unpaired) electrons. The molecule has 0 rings (SSSR count). The van der Waals surface area contributed by atoms with E-state index in [1.807, 2.05) is 0 Å². The zero-order chi connectivity index (χ0) is 11.2. The van der Waals surface area contributed by atoms with Gasteiger partial charge in [-0.2, -0.15) is 0 Å². The fraction of sp³-hybridized carbons (Fsp3) is 0.750. The largest absolute Gasteiger partial charge is 0.480 e. The molecular formula is C8H18N4O2. The van der Waals surface area contributed by atoms with Crippen LogP contribution in [-0.2, 0) is 4.79 Å². The van der Waals surface area contributed by atoms with E-state index in [1.54, 1.807) is 14.0 Å². The normalized spacial score (nSPS) is 14.4. The van der Waals surface area contributed by atoms with Crippen LogP contribution < -0.4 is 16.8 Å². The van der Waals surface area contributed by atoms with Crippen molar-refractivity contribution in [3.63, 3.8) is 0 Å². The van der Waals surface area contributed by atoms with Gasteiger partial charge in [0, 0.05) is 6.54 Å². The molecule has 6 heteroatoms. The molecule has 0 saturated carbocycles. The molecule has 0 heterocycles. The third-order valence-electron chi connectivity index (χ3n) is 2.15. The standard InChI is InChI=1S/C8H18N4O2/c1-8(11-2,6(13)14)4-3-5-12-7(9)10/h11H,3-5H2,1-2H3,(H,13,14)(H4,9,10,12)/t8-/m0/s1. The van der Waals surface area contributed by atoms with Crippen molar-refractivity contribution in [2.75, 3.05) is 13.6 Å². The van der Waals surface area contributed by atoms with Gasteiger partial charge in [-0.25, -0.2) is 0 Å². The Morgan fingerprint density at radius 3 is 2.50 bits per heavy atom. The highest BCUT2D eigenvalue weighted by atomic mass is 16.4. The molecule has 0 aliphatic rings. The minimum absolute atomic E-state index is 0.0338. The average molecular weight is 202 g/mol. The van der Waals surface area contributed by atoms with E-state index in [9.17, 15) is 4.79 Å². The summed E-state index contributed by atoms with van der Waals surface area (Å²) in [5.41, 5.74) is 9.36. The monoisotopic (exact) mass is 202 g/mol. The van der Waals surface area contributed by atoms with Crippen LogP contribution in [0.3, 0.4) is 0 Å². The number of likely N-dealkylation sites (N-methyl/N-ethyl adjacent to an activating group) is 1. The zero-order valence-corrected chi connectivity index (χ0v) is 8.58. The van der Waals surface area contributed by atoms with Gasteiger partial charge in [0.15, 0.2) is 5.96 Å². The first-order chi connectivity index (χ1) is 6.42. The molecule has 1 atom stereocenters. The van der Waals surface area contributed by atoms with Gasteiger partial charge in [-0.15, -0.1) is 0 Å². The molecule has 0 aromatic carbocycles. The first-order valence-electron chi connectivity index (χ1n) is 4.40. The molecule has 0 aromatic heterocycles. The van der Waals surface area contributed by atoms with Crippen LogP contribution in [0.1, 0.15) is 19.8 Å². The quantitative estimate of drug-likeness (QED) is 0.253. The van der Waals surface area contributed by atoms with Crippen molar-refractivity contribution >= 4 is 11.9 Å². The maximum atomic E-state index is 10.8. The van der Waals surface area contributed by atoms with Gasteiger partial charge in [-0.05, 0) is 26.8 Å². The van der Waals surface area contributed by atoms with Crippen molar-refractivity contribution in [2.24, 2.45) is 16.5 Å². The third-order valence-corrected chi connectivity index (χ3v) is 2.15. The number of nitrogens with two attached hydrogens (primary N) is 2. The van der Waals surface area contributed by atoms with Crippen molar-refractivity contribution in [3.05, 3.63) is 0 Å². The predicted octanol–water partition coefficient (Wildman–Crippen LogP) is -0.897. The number of rotatable bonds is 6. The highest BCUT2D eigenvalue weighted by Gasteiger charge is 2.29. The molecular weight excluding hydrogens is 184 g/mol. The Bertz CT molecular complexity index is 225. The molecule has 6 nitrogen and oxygen atoms in total. The molecule has 0 unspecified atom stereocenters. The highest BCUT2D eigenvalue weighted by molar-refractivity contribution is 5.78. The lowest BCUT2D eigenvalue weighted by Gasteiger charge is -2.23. The number of aliphatic carboxylic acids is 1. The number of hydrogen-bond donors (Lipinski definition) is 4. The maximum absolute atomic E-state index is 10.8. The second-order valence-corrected chi connectivity index (χ2v) is 3.30. The second kappa shape index (κ2) is 5.43. The van der Waals surface area contributed by atoms with E-state index in [2.05, 4.69) is 10.3 Å². The maximum Gasteiger partial charge on any atom is 0.323 e. The first-order valence-corrected chi connectivity index (χ1v) is 4.40. The summed E-state index contributed by atoms with van der Waals surface area (Å²) in [7, 11) is 1.62. The molecule has 0 bridgehead atoms. The minimum Gasteiger partial charge on any atom is -0.480 e. The van der Waals surface area contributed by atoms with Crippen LogP contribution >= 0.6 is 0 Å². The van der Waals surface area contributed by atoms with Gasteiger partial charge in [-0.3, -0.25) is 9.79 Å². The molecule has 0 spiro atoms. The Balaban J connectivity index is 3.97. The summed E-state index contributed by atoms with van der Waals surface area (Å²) in [6.07, 6.45) is 1.11. The molecule has 0 aromatic rings. The topological polar surface area (TPSA) is 114 Å². The number of carboxylic acid groups (broad SMARTS) is 1. The van der Waals surface area contributed by atoms with Crippen LogP contribution in [0.5, 0.6) is 0 Å². The van der Waals surface area contributed by atoms with Crippen LogP contribution in [-0.4, -0.2) is 36.2 Å². The summed E-state index contributed by atoms with van der Waals surface area (Å²) >= 11 is 0. The fourth-order valence-electron chi connectivity index (χ4n) is 0.980. The lowest BCUT2D eigenvalue weighted by molar-refractivity contribution is -0.144. The second-order valence-electron chi connectivity index (χ2n) is 3.30. The summed E-state index contributed by atoms with van der Waals surface area (Å²) in [6, 6.07) is 0. The summed E-state index contributed by atoms with van der Waals surface area (Å²) in [5.74, 6) is -0.837. The van der Waals surface area contributed by atoms with Gasteiger partial charge in [-0.1, -0.05) is 0 Å². The highest BCUT2D eigenvalue weighted by Crippen LogP contribution is 2.11. The summed E-state index contributed by atoms with van der Waals surface area (Å²) in [6.45, 7) is 2.08. The van der Waals surface area contributed by atoms with E-state index in [0.717, 1.165) is 0 Å². The van der Waals surface area contributed by atoms with Gasteiger partial charge in [0.25, 0.3) is 0 Å². The number of nitrogens with zero attached hydrogens (tertiary/aromatic N) is 1. The summed E-state index contributed by atoms with van der Waals surface area (Å²) < 4.78 is 0. The van der Waals surface area contributed by atoms with Gasteiger partial charge in [0.05, 0.1) is 0 Å². The first kappa shape index (κ1) is 12.7. The molecule has 0 aliphatic heterocycles. The number of carbonyl (C=O) groups is 1.